The highest BCUT2D eigenvalue weighted by molar-refractivity contribution is 5.84. The zero-order chi connectivity index (χ0) is 13.3. The van der Waals surface area contributed by atoms with Crippen LogP contribution in [0, 0.1) is 5.92 Å². The van der Waals surface area contributed by atoms with Gasteiger partial charge in [-0.3, -0.25) is 4.79 Å². The van der Waals surface area contributed by atoms with Crippen LogP contribution < -0.4 is 5.32 Å². The maximum Gasteiger partial charge on any atom is 0.326 e. The van der Waals surface area contributed by atoms with Crippen LogP contribution in [0.2, 0.25) is 0 Å². The van der Waals surface area contributed by atoms with E-state index in [1.165, 1.54) is 0 Å². The van der Waals surface area contributed by atoms with Gasteiger partial charge < -0.3 is 15.5 Å². The highest BCUT2D eigenvalue weighted by atomic mass is 16.4. The molecule has 0 saturated heterocycles. The van der Waals surface area contributed by atoms with Gasteiger partial charge in [-0.1, -0.05) is 26.7 Å². The summed E-state index contributed by atoms with van der Waals surface area (Å²) >= 11 is 0. The third kappa shape index (κ3) is 6.26. The van der Waals surface area contributed by atoms with Gasteiger partial charge in [0.2, 0.25) is 5.91 Å². The van der Waals surface area contributed by atoms with Gasteiger partial charge in [0.05, 0.1) is 0 Å². The Hall–Kier alpha value is -1.10. The monoisotopic (exact) mass is 245 g/mol. The normalized spacial score (nSPS) is 14.1. The fourth-order valence-electron chi connectivity index (χ4n) is 1.65. The van der Waals surface area contributed by atoms with E-state index in [1.807, 2.05) is 6.92 Å². The Kier molecular flexibility index (Phi) is 8.40. The number of rotatable bonds is 9. The molecule has 3 N–H and O–H groups in total. The van der Waals surface area contributed by atoms with Crippen LogP contribution >= 0.6 is 0 Å². The summed E-state index contributed by atoms with van der Waals surface area (Å²) in [6, 6.07) is -0.983. The van der Waals surface area contributed by atoms with Crippen LogP contribution in [0.4, 0.5) is 0 Å². The number of nitrogens with one attached hydrogen (secondary N) is 1. The molecule has 0 heterocycles. The first-order chi connectivity index (χ1) is 8.06. The highest BCUT2D eigenvalue weighted by Crippen LogP contribution is 2.13. The molecule has 0 fully saturated rings. The molecule has 0 aliphatic heterocycles. The second-order valence-electron chi connectivity index (χ2n) is 4.16. The molecule has 0 spiro atoms. The van der Waals surface area contributed by atoms with Crippen molar-refractivity contribution >= 4 is 11.9 Å². The Bertz CT molecular complexity index is 243. The largest absolute Gasteiger partial charge is 0.480 e. The van der Waals surface area contributed by atoms with E-state index in [2.05, 4.69) is 12.2 Å². The van der Waals surface area contributed by atoms with E-state index in [-0.39, 0.29) is 24.9 Å². The van der Waals surface area contributed by atoms with Gasteiger partial charge in [0.15, 0.2) is 0 Å². The zero-order valence-corrected chi connectivity index (χ0v) is 10.6. The molecule has 100 valence electrons. The minimum atomic E-state index is -1.10. The number of carboxylic acid groups (broad SMARTS) is 1. The van der Waals surface area contributed by atoms with Crippen molar-refractivity contribution in [2.75, 3.05) is 6.61 Å². The lowest BCUT2D eigenvalue weighted by Gasteiger charge is -2.18. The van der Waals surface area contributed by atoms with E-state index in [0.717, 1.165) is 19.3 Å². The summed E-state index contributed by atoms with van der Waals surface area (Å²) in [5.74, 6) is -1.45. The molecule has 0 radical (unpaired) electrons. The van der Waals surface area contributed by atoms with Gasteiger partial charge in [0.1, 0.15) is 6.04 Å². The summed E-state index contributed by atoms with van der Waals surface area (Å²) in [4.78, 5) is 22.6. The van der Waals surface area contributed by atoms with Crippen molar-refractivity contribution < 1.29 is 19.8 Å². The molecule has 0 aromatic rings. The second-order valence-corrected chi connectivity index (χ2v) is 4.16. The van der Waals surface area contributed by atoms with Gasteiger partial charge in [0.25, 0.3) is 0 Å². The number of carboxylic acids is 1. The standard InChI is InChI=1S/C12H23NO4/c1-3-5-6-9(4-2)11(15)13-10(7-8-14)12(16)17/h9-10,14H,3-8H2,1-2H3,(H,13,15)(H,16,17)/t9?,10-/m0/s1. The van der Waals surface area contributed by atoms with Gasteiger partial charge >= 0.3 is 5.97 Å². The number of aliphatic hydroxyl groups is 1. The van der Waals surface area contributed by atoms with Gasteiger partial charge in [-0.15, -0.1) is 0 Å². The minimum absolute atomic E-state index is 0.0469. The molecule has 2 atom stereocenters. The average molecular weight is 245 g/mol. The smallest absolute Gasteiger partial charge is 0.326 e. The van der Waals surface area contributed by atoms with Crippen LogP contribution in [0.15, 0.2) is 0 Å². The van der Waals surface area contributed by atoms with Crippen molar-refractivity contribution in [1.82, 2.24) is 5.32 Å². The Morgan fingerprint density at radius 2 is 1.88 bits per heavy atom. The van der Waals surface area contributed by atoms with Crippen LogP contribution in [-0.2, 0) is 9.59 Å². The number of aliphatic carboxylic acids is 1. The number of carbonyl (C=O) groups is 2. The van der Waals surface area contributed by atoms with Crippen molar-refractivity contribution in [1.29, 1.82) is 0 Å². The quantitative estimate of drug-likeness (QED) is 0.569. The molecule has 5 heteroatoms. The Morgan fingerprint density at radius 3 is 2.29 bits per heavy atom. The number of hydrogen-bond acceptors (Lipinski definition) is 3. The fraction of sp³-hybridized carbons (Fsp3) is 0.833. The summed E-state index contributed by atoms with van der Waals surface area (Å²) < 4.78 is 0. The summed E-state index contributed by atoms with van der Waals surface area (Å²) in [5.41, 5.74) is 0. The van der Waals surface area contributed by atoms with Gasteiger partial charge in [-0.05, 0) is 12.8 Å². The second kappa shape index (κ2) is 8.98. The van der Waals surface area contributed by atoms with Crippen molar-refractivity contribution in [2.24, 2.45) is 5.92 Å². The number of amides is 1. The molecular formula is C12H23NO4. The van der Waals surface area contributed by atoms with E-state index < -0.39 is 12.0 Å². The van der Waals surface area contributed by atoms with Crippen LogP contribution in [0.3, 0.4) is 0 Å². The molecule has 1 unspecified atom stereocenters. The van der Waals surface area contributed by atoms with Gasteiger partial charge in [0, 0.05) is 18.9 Å². The molecular weight excluding hydrogens is 222 g/mol. The Morgan fingerprint density at radius 1 is 1.24 bits per heavy atom. The summed E-state index contributed by atoms with van der Waals surface area (Å²) in [7, 11) is 0. The average Bonchev–Trinajstić information content (AvgIpc) is 2.29. The lowest BCUT2D eigenvalue weighted by atomic mass is 9.98. The SMILES string of the molecule is CCCCC(CC)C(=O)N[C@@H](CCO)C(=O)O. The molecule has 17 heavy (non-hydrogen) atoms. The highest BCUT2D eigenvalue weighted by Gasteiger charge is 2.23. The van der Waals surface area contributed by atoms with Crippen LogP contribution in [0.5, 0.6) is 0 Å². The number of hydrogen-bond donors (Lipinski definition) is 3. The Balaban J connectivity index is 4.30. The van der Waals surface area contributed by atoms with Crippen molar-refractivity contribution in [3.63, 3.8) is 0 Å². The third-order valence-electron chi connectivity index (χ3n) is 2.80. The molecule has 1 amide bonds. The van der Waals surface area contributed by atoms with Crippen molar-refractivity contribution in [3.05, 3.63) is 0 Å². The van der Waals surface area contributed by atoms with E-state index in [0.29, 0.717) is 6.42 Å². The molecule has 0 rings (SSSR count). The minimum Gasteiger partial charge on any atom is -0.480 e. The first kappa shape index (κ1) is 15.9. The van der Waals surface area contributed by atoms with Crippen LogP contribution in [0.1, 0.15) is 46.0 Å². The predicted octanol–water partition coefficient (Wildman–Crippen LogP) is 1.15. The number of unbranched alkanes of at least 4 members (excludes halogenated alkanes) is 1. The topological polar surface area (TPSA) is 86.6 Å². The molecule has 0 aromatic carbocycles. The molecule has 0 aromatic heterocycles. The fourth-order valence-corrected chi connectivity index (χ4v) is 1.65. The van der Waals surface area contributed by atoms with Crippen molar-refractivity contribution in [3.8, 4) is 0 Å². The third-order valence-corrected chi connectivity index (χ3v) is 2.80. The molecule has 0 saturated carbocycles. The summed E-state index contributed by atoms with van der Waals surface area (Å²) in [5, 5.41) is 20.1. The van der Waals surface area contributed by atoms with Gasteiger partial charge in [-0.25, -0.2) is 4.79 Å². The molecule has 0 bridgehead atoms. The van der Waals surface area contributed by atoms with Crippen LogP contribution in [0.25, 0.3) is 0 Å². The lowest BCUT2D eigenvalue weighted by molar-refractivity contribution is -0.143. The lowest BCUT2D eigenvalue weighted by Crippen LogP contribution is -2.44. The number of carbonyl (C=O) groups excluding carboxylic acids is 1. The van der Waals surface area contributed by atoms with E-state index in [1.54, 1.807) is 0 Å². The van der Waals surface area contributed by atoms with Crippen molar-refractivity contribution in [2.45, 2.75) is 52.0 Å². The summed E-state index contributed by atoms with van der Waals surface area (Å²) in [6.45, 7) is 3.72. The van der Waals surface area contributed by atoms with E-state index in [4.69, 9.17) is 10.2 Å². The summed E-state index contributed by atoms with van der Waals surface area (Å²) in [6.07, 6.45) is 3.51. The maximum absolute atomic E-state index is 11.8. The van der Waals surface area contributed by atoms with E-state index in [9.17, 15) is 9.59 Å². The van der Waals surface area contributed by atoms with Gasteiger partial charge in [-0.2, -0.15) is 0 Å². The first-order valence-corrected chi connectivity index (χ1v) is 6.20. The van der Waals surface area contributed by atoms with Crippen LogP contribution in [-0.4, -0.2) is 34.7 Å². The predicted molar refractivity (Wildman–Crippen MR) is 64.6 cm³/mol. The van der Waals surface area contributed by atoms with E-state index >= 15 is 0 Å². The Labute approximate surface area is 102 Å². The molecule has 0 aliphatic rings. The maximum atomic E-state index is 11.8. The molecule has 0 aliphatic carbocycles. The molecule has 5 nitrogen and oxygen atoms in total. The first-order valence-electron chi connectivity index (χ1n) is 6.20. The zero-order valence-electron chi connectivity index (χ0n) is 10.6. The number of aliphatic hydroxyl groups excluding tert-OH is 1.